The van der Waals surface area contributed by atoms with Crippen molar-refractivity contribution in [1.82, 2.24) is 4.72 Å². The van der Waals surface area contributed by atoms with Crippen LogP contribution in [0.5, 0.6) is 0 Å². The van der Waals surface area contributed by atoms with Crippen LogP contribution in [-0.4, -0.2) is 21.4 Å². The Hall–Kier alpha value is -2.55. The van der Waals surface area contributed by atoms with Crippen molar-refractivity contribution >= 4 is 33.4 Å². The van der Waals surface area contributed by atoms with E-state index in [0.717, 1.165) is 9.79 Å². The van der Waals surface area contributed by atoms with Gasteiger partial charge in [-0.1, -0.05) is 17.8 Å². The van der Waals surface area contributed by atoms with E-state index in [1.54, 1.807) is 23.9 Å². The molecule has 1 heterocycles. The van der Waals surface area contributed by atoms with Crippen LogP contribution in [0.2, 0.25) is 0 Å². The molecule has 0 bridgehead atoms. The van der Waals surface area contributed by atoms with Crippen LogP contribution in [0.3, 0.4) is 0 Å². The Labute approximate surface area is 168 Å². The molecule has 2 aromatic carbocycles. The van der Waals surface area contributed by atoms with Crippen molar-refractivity contribution in [3.63, 3.8) is 0 Å². The lowest BCUT2D eigenvalue weighted by atomic mass is 10.1. The molecule has 0 unspecified atom stereocenters. The molecule has 0 aliphatic rings. The Kier molecular flexibility index (Phi) is 5.93. The third-order valence-electron chi connectivity index (χ3n) is 4.16. The average Bonchev–Trinajstić information content (AvgIpc) is 3.18. The number of anilines is 1. The van der Waals surface area contributed by atoms with Crippen molar-refractivity contribution in [3.05, 3.63) is 71.5 Å². The van der Waals surface area contributed by atoms with Crippen LogP contribution in [0.4, 0.5) is 5.69 Å². The Bertz CT molecular complexity index is 1100. The highest BCUT2D eigenvalue weighted by molar-refractivity contribution is 7.99. The number of furan rings is 1. The van der Waals surface area contributed by atoms with Crippen molar-refractivity contribution in [2.24, 2.45) is 0 Å². The zero-order chi connectivity index (χ0) is 20.3. The highest BCUT2D eigenvalue weighted by Gasteiger charge is 2.19. The molecule has 8 heteroatoms. The summed E-state index contributed by atoms with van der Waals surface area (Å²) in [7, 11) is -2.45. The minimum absolute atomic E-state index is 0.0811. The Balaban J connectivity index is 1.67. The second kappa shape index (κ2) is 8.22. The van der Waals surface area contributed by atoms with Gasteiger partial charge in [-0.2, -0.15) is 0 Å². The van der Waals surface area contributed by atoms with E-state index in [0.29, 0.717) is 5.69 Å². The number of benzene rings is 2. The summed E-state index contributed by atoms with van der Waals surface area (Å²) in [4.78, 5) is 14.5. The number of hydrogen-bond acceptors (Lipinski definition) is 5. The molecule has 1 aromatic heterocycles. The quantitative estimate of drug-likeness (QED) is 0.628. The fourth-order valence-electron chi connectivity index (χ4n) is 2.40. The lowest BCUT2D eigenvalue weighted by Crippen LogP contribution is -2.18. The van der Waals surface area contributed by atoms with E-state index in [1.807, 2.05) is 12.1 Å². The fraction of sp³-hybridized carbons (Fsp3) is 0.150. The molecule has 28 heavy (non-hydrogen) atoms. The number of aryl methyl sites for hydroxylation is 2. The smallest absolute Gasteiger partial charge is 0.291 e. The van der Waals surface area contributed by atoms with Crippen LogP contribution in [-0.2, 0) is 10.0 Å². The van der Waals surface area contributed by atoms with Gasteiger partial charge in [-0.3, -0.25) is 4.79 Å². The van der Waals surface area contributed by atoms with Crippen molar-refractivity contribution in [1.29, 1.82) is 0 Å². The van der Waals surface area contributed by atoms with Crippen molar-refractivity contribution in [2.45, 2.75) is 28.7 Å². The molecule has 3 aromatic rings. The van der Waals surface area contributed by atoms with Crippen LogP contribution in [0, 0.1) is 13.8 Å². The van der Waals surface area contributed by atoms with Crippen LogP contribution in [0.1, 0.15) is 21.7 Å². The molecule has 146 valence electrons. The highest BCUT2D eigenvalue weighted by Crippen LogP contribution is 2.30. The Morgan fingerprint density at radius 2 is 1.61 bits per heavy atom. The zero-order valence-electron chi connectivity index (χ0n) is 15.6. The standard InChI is InChI=1S/C20H20N2O4S2/c1-13-4-7-17(12-14(13)2)27-16-8-5-15(6-9-16)22-20(23)18-10-11-19(26-18)28(24,25)21-3/h4-12,21H,1-3H3,(H,22,23). The van der Waals surface area contributed by atoms with E-state index in [4.69, 9.17) is 4.42 Å². The van der Waals surface area contributed by atoms with Gasteiger partial charge in [-0.05, 0) is 80.6 Å². The van der Waals surface area contributed by atoms with Gasteiger partial charge in [-0.15, -0.1) is 0 Å². The number of amides is 1. The summed E-state index contributed by atoms with van der Waals surface area (Å²) < 4.78 is 30.6. The topological polar surface area (TPSA) is 88.4 Å². The fourth-order valence-corrected chi connectivity index (χ4v) is 3.96. The zero-order valence-corrected chi connectivity index (χ0v) is 17.3. The van der Waals surface area contributed by atoms with Gasteiger partial charge in [-0.25, -0.2) is 13.1 Å². The van der Waals surface area contributed by atoms with Gasteiger partial charge >= 0.3 is 0 Å². The average molecular weight is 417 g/mol. The molecule has 2 N–H and O–H groups in total. The predicted molar refractivity (Wildman–Crippen MR) is 109 cm³/mol. The molecule has 0 saturated carbocycles. The molecule has 1 amide bonds. The van der Waals surface area contributed by atoms with Gasteiger partial charge in [0.2, 0.25) is 5.09 Å². The number of nitrogens with one attached hydrogen (secondary N) is 2. The van der Waals surface area contributed by atoms with E-state index in [9.17, 15) is 13.2 Å². The van der Waals surface area contributed by atoms with E-state index in [2.05, 4.69) is 42.1 Å². The summed E-state index contributed by atoms with van der Waals surface area (Å²) in [6.45, 7) is 4.16. The maximum absolute atomic E-state index is 12.3. The summed E-state index contributed by atoms with van der Waals surface area (Å²) in [6.07, 6.45) is 0. The van der Waals surface area contributed by atoms with Crippen LogP contribution in [0.15, 0.2) is 73.9 Å². The summed E-state index contributed by atoms with van der Waals surface area (Å²) in [5, 5.41) is 2.39. The van der Waals surface area contributed by atoms with Crippen LogP contribution < -0.4 is 10.0 Å². The molecule has 3 rings (SSSR count). The molecule has 0 radical (unpaired) electrons. The second-order valence-corrected chi connectivity index (χ2v) is 9.12. The first-order valence-electron chi connectivity index (χ1n) is 8.48. The lowest BCUT2D eigenvalue weighted by Gasteiger charge is -2.07. The molecular formula is C20H20N2O4S2. The first-order valence-corrected chi connectivity index (χ1v) is 10.8. The van der Waals surface area contributed by atoms with Crippen molar-refractivity contribution in [3.8, 4) is 0 Å². The normalized spacial score (nSPS) is 11.4. The van der Waals surface area contributed by atoms with E-state index >= 15 is 0 Å². The van der Waals surface area contributed by atoms with Crippen LogP contribution >= 0.6 is 11.8 Å². The third kappa shape index (κ3) is 4.64. The molecular weight excluding hydrogens is 396 g/mol. The maximum atomic E-state index is 12.3. The predicted octanol–water partition coefficient (Wildman–Crippen LogP) is 4.21. The molecule has 0 fully saturated rings. The number of carbonyl (C=O) groups is 1. The van der Waals surface area contributed by atoms with E-state index in [1.165, 1.54) is 30.3 Å². The Morgan fingerprint density at radius 3 is 2.25 bits per heavy atom. The van der Waals surface area contributed by atoms with Gasteiger partial charge in [0, 0.05) is 15.5 Å². The molecule has 0 saturated heterocycles. The first-order chi connectivity index (χ1) is 13.3. The Morgan fingerprint density at radius 1 is 0.929 bits per heavy atom. The summed E-state index contributed by atoms with van der Waals surface area (Å²) in [5.74, 6) is -0.602. The number of rotatable bonds is 6. The SMILES string of the molecule is CNS(=O)(=O)c1ccc(C(=O)Nc2ccc(Sc3ccc(C)c(C)c3)cc2)o1. The minimum Gasteiger partial charge on any atom is -0.438 e. The number of carbonyl (C=O) groups excluding carboxylic acids is 1. The van der Waals surface area contributed by atoms with Gasteiger partial charge in [0.15, 0.2) is 5.76 Å². The second-order valence-electron chi connectivity index (χ2n) is 6.15. The van der Waals surface area contributed by atoms with E-state index in [-0.39, 0.29) is 10.9 Å². The van der Waals surface area contributed by atoms with Gasteiger partial charge in [0.05, 0.1) is 0 Å². The largest absolute Gasteiger partial charge is 0.438 e. The molecule has 0 atom stereocenters. The number of hydrogen-bond donors (Lipinski definition) is 2. The van der Waals surface area contributed by atoms with Crippen molar-refractivity contribution in [2.75, 3.05) is 12.4 Å². The van der Waals surface area contributed by atoms with Crippen LogP contribution in [0.25, 0.3) is 0 Å². The monoisotopic (exact) mass is 416 g/mol. The summed E-state index contributed by atoms with van der Waals surface area (Å²) in [6, 6.07) is 16.3. The molecule has 0 aliphatic carbocycles. The van der Waals surface area contributed by atoms with E-state index < -0.39 is 15.9 Å². The first kappa shape index (κ1) is 20.2. The highest BCUT2D eigenvalue weighted by atomic mass is 32.2. The molecule has 6 nitrogen and oxygen atoms in total. The summed E-state index contributed by atoms with van der Waals surface area (Å²) in [5.41, 5.74) is 3.09. The summed E-state index contributed by atoms with van der Waals surface area (Å²) >= 11 is 1.64. The maximum Gasteiger partial charge on any atom is 0.291 e. The lowest BCUT2D eigenvalue weighted by molar-refractivity contribution is 0.0991. The van der Waals surface area contributed by atoms with Crippen molar-refractivity contribution < 1.29 is 17.6 Å². The number of sulfonamides is 1. The van der Waals surface area contributed by atoms with Gasteiger partial charge in [0.1, 0.15) is 0 Å². The minimum atomic E-state index is -3.72. The van der Waals surface area contributed by atoms with Gasteiger partial charge in [0.25, 0.3) is 15.9 Å². The molecule has 0 aliphatic heterocycles. The van der Waals surface area contributed by atoms with Gasteiger partial charge < -0.3 is 9.73 Å². The third-order valence-corrected chi connectivity index (χ3v) is 6.45. The molecule has 0 spiro atoms.